The lowest BCUT2D eigenvalue weighted by Crippen LogP contribution is -2.31. The molecule has 0 saturated heterocycles. The number of carbonyl (C=O) groups excluding carboxylic acids is 1. The summed E-state index contributed by atoms with van der Waals surface area (Å²) in [6.45, 7) is 5.78. The third kappa shape index (κ3) is 4.82. The molecule has 2 aromatic rings. The van der Waals surface area contributed by atoms with E-state index in [0.717, 1.165) is 17.0 Å². The molecule has 1 atom stereocenters. The van der Waals surface area contributed by atoms with Crippen molar-refractivity contribution in [2.24, 2.45) is 0 Å². The second-order valence-electron chi connectivity index (χ2n) is 5.57. The van der Waals surface area contributed by atoms with Crippen molar-refractivity contribution in [3.05, 3.63) is 42.2 Å². The Balaban J connectivity index is 1.98. The van der Waals surface area contributed by atoms with Gasteiger partial charge in [0.15, 0.2) is 0 Å². The summed E-state index contributed by atoms with van der Waals surface area (Å²) in [7, 11) is 1.63. The Labute approximate surface area is 136 Å². The van der Waals surface area contributed by atoms with Crippen LogP contribution in [0.2, 0.25) is 0 Å². The van der Waals surface area contributed by atoms with Gasteiger partial charge in [0.1, 0.15) is 12.4 Å². The van der Waals surface area contributed by atoms with Crippen molar-refractivity contribution in [2.45, 2.75) is 32.9 Å². The number of nitrogens with one attached hydrogen (secondary N) is 1. The van der Waals surface area contributed by atoms with E-state index in [2.05, 4.69) is 10.4 Å². The first-order valence-electron chi connectivity index (χ1n) is 7.59. The maximum Gasteiger partial charge on any atom is 0.246 e. The highest BCUT2D eigenvalue weighted by molar-refractivity contribution is 5.77. The quantitative estimate of drug-likeness (QED) is 0.852. The van der Waals surface area contributed by atoms with Crippen LogP contribution in [0.15, 0.2) is 36.7 Å². The van der Waals surface area contributed by atoms with Crippen molar-refractivity contribution in [3.63, 3.8) is 0 Å². The second kappa shape index (κ2) is 7.78. The van der Waals surface area contributed by atoms with E-state index in [1.807, 2.05) is 51.2 Å². The van der Waals surface area contributed by atoms with Gasteiger partial charge in [0.05, 0.1) is 31.1 Å². The van der Waals surface area contributed by atoms with Crippen molar-refractivity contribution in [2.75, 3.05) is 13.7 Å². The summed E-state index contributed by atoms with van der Waals surface area (Å²) in [6, 6.07) is 7.48. The summed E-state index contributed by atoms with van der Waals surface area (Å²) < 4.78 is 12.2. The largest absolute Gasteiger partial charge is 0.497 e. The fraction of sp³-hybridized carbons (Fsp3) is 0.412. The van der Waals surface area contributed by atoms with Crippen LogP contribution in [0.3, 0.4) is 0 Å². The van der Waals surface area contributed by atoms with E-state index < -0.39 is 0 Å². The smallest absolute Gasteiger partial charge is 0.246 e. The summed E-state index contributed by atoms with van der Waals surface area (Å²) in [5.74, 6) is 0.662. The molecule has 0 spiro atoms. The van der Waals surface area contributed by atoms with Crippen molar-refractivity contribution in [3.8, 4) is 11.4 Å². The van der Waals surface area contributed by atoms with Crippen LogP contribution in [-0.2, 0) is 9.53 Å². The van der Waals surface area contributed by atoms with Crippen molar-refractivity contribution < 1.29 is 14.3 Å². The van der Waals surface area contributed by atoms with Gasteiger partial charge in [0.25, 0.3) is 0 Å². The molecule has 0 saturated carbocycles. The van der Waals surface area contributed by atoms with Crippen LogP contribution >= 0.6 is 0 Å². The molecular formula is C17H23N3O3. The van der Waals surface area contributed by atoms with E-state index in [-0.39, 0.29) is 24.7 Å². The standard InChI is InChI=1S/C17H23N3O3/c1-12(2)23-11-17(21)19-13(3)14-9-18-20(10-14)15-5-7-16(22-4)8-6-15/h5-10,12-13H,11H2,1-4H3,(H,19,21). The Kier molecular flexibility index (Phi) is 5.76. The average molecular weight is 317 g/mol. The Morgan fingerprint density at radius 3 is 2.57 bits per heavy atom. The highest BCUT2D eigenvalue weighted by Gasteiger charge is 2.12. The molecule has 1 amide bonds. The molecule has 0 aliphatic rings. The molecule has 6 heteroatoms. The van der Waals surface area contributed by atoms with Crippen LogP contribution < -0.4 is 10.1 Å². The van der Waals surface area contributed by atoms with Gasteiger partial charge in [-0.1, -0.05) is 0 Å². The molecule has 1 unspecified atom stereocenters. The number of carbonyl (C=O) groups is 1. The van der Waals surface area contributed by atoms with Crippen LogP contribution in [0.1, 0.15) is 32.4 Å². The number of methoxy groups -OCH3 is 1. The summed E-state index contributed by atoms with van der Waals surface area (Å²) in [6.07, 6.45) is 3.68. The normalized spacial score (nSPS) is 12.2. The highest BCUT2D eigenvalue weighted by Crippen LogP contribution is 2.17. The Morgan fingerprint density at radius 2 is 1.96 bits per heavy atom. The number of ether oxygens (including phenoxy) is 2. The Morgan fingerprint density at radius 1 is 1.26 bits per heavy atom. The molecule has 6 nitrogen and oxygen atoms in total. The fourth-order valence-corrected chi connectivity index (χ4v) is 2.05. The Bertz CT molecular complexity index is 635. The lowest BCUT2D eigenvalue weighted by atomic mass is 10.2. The number of amides is 1. The number of aromatic nitrogens is 2. The van der Waals surface area contributed by atoms with E-state index in [9.17, 15) is 4.79 Å². The summed E-state index contributed by atoms with van der Waals surface area (Å²) in [5, 5.41) is 7.24. The third-order valence-corrected chi connectivity index (χ3v) is 3.36. The van der Waals surface area contributed by atoms with Crippen molar-refractivity contribution in [1.82, 2.24) is 15.1 Å². The fourth-order valence-electron chi connectivity index (χ4n) is 2.05. The van der Waals surface area contributed by atoms with Crippen LogP contribution in [-0.4, -0.2) is 35.5 Å². The molecule has 0 fully saturated rings. The van der Waals surface area contributed by atoms with Gasteiger partial charge in [0.2, 0.25) is 5.91 Å². The topological polar surface area (TPSA) is 65.4 Å². The molecule has 1 heterocycles. The third-order valence-electron chi connectivity index (χ3n) is 3.36. The first-order valence-corrected chi connectivity index (χ1v) is 7.59. The molecular weight excluding hydrogens is 294 g/mol. The zero-order chi connectivity index (χ0) is 16.8. The minimum atomic E-state index is -0.136. The predicted molar refractivity (Wildman–Crippen MR) is 87.8 cm³/mol. The van der Waals surface area contributed by atoms with Gasteiger partial charge >= 0.3 is 0 Å². The molecule has 124 valence electrons. The first-order chi connectivity index (χ1) is 11.0. The molecule has 0 aliphatic carbocycles. The second-order valence-corrected chi connectivity index (χ2v) is 5.57. The van der Waals surface area contributed by atoms with Gasteiger partial charge < -0.3 is 14.8 Å². The highest BCUT2D eigenvalue weighted by atomic mass is 16.5. The van der Waals surface area contributed by atoms with Crippen LogP contribution in [0.25, 0.3) is 5.69 Å². The lowest BCUT2D eigenvalue weighted by molar-refractivity contribution is -0.127. The molecule has 1 N–H and O–H groups in total. The van der Waals surface area contributed by atoms with Crippen molar-refractivity contribution >= 4 is 5.91 Å². The maximum atomic E-state index is 11.8. The van der Waals surface area contributed by atoms with E-state index in [0.29, 0.717) is 0 Å². The van der Waals surface area contributed by atoms with Gasteiger partial charge in [0, 0.05) is 11.8 Å². The van der Waals surface area contributed by atoms with Gasteiger partial charge in [-0.15, -0.1) is 0 Å². The molecule has 1 aromatic carbocycles. The molecule has 23 heavy (non-hydrogen) atoms. The van der Waals surface area contributed by atoms with E-state index in [4.69, 9.17) is 9.47 Å². The summed E-state index contributed by atoms with van der Waals surface area (Å²) in [5.41, 5.74) is 1.86. The lowest BCUT2D eigenvalue weighted by Gasteiger charge is -2.13. The number of nitrogens with zero attached hydrogens (tertiary/aromatic N) is 2. The monoisotopic (exact) mass is 317 g/mol. The van der Waals surface area contributed by atoms with Gasteiger partial charge in [-0.2, -0.15) is 5.10 Å². The zero-order valence-corrected chi connectivity index (χ0v) is 13.9. The molecule has 1 aromatic heterocycles. The summed E-state index contributed by atoms with van der Waals surface area (Å²) >= 11 is 0. The number of benzene rings is 1. The van der Waals surface area contributed by atoms with Gasteiger partial charge in [-0.25, -0.2) is 4.68 Å². The van der Waals surface area contributed by atoms with E-state index in [1.54, 1.807) is 18.0 Å². The van der Waals surface area contributed by atoms with Crippen molar-refractivity contribution in [1.29, 1.82) is 0 Å². The van der Waals surface area contributed by atoms with E-state index >= 15 is 0 Å². The van der Waals surface area contributed by atoms with E-state index in [1.165, 1.54) is 0 Å². The molecule has 0 aliphatic heterocycles. The number of hydrogen-bond acceptors (Lipinski definition) is 4. The zero-order valence-electron chi connectivity index (χ0n) is 13.9. The minimum Gasteiger partial charge on any atom is -0.497 e. The minimum absolute atomic E-state index is 0.0360. The molecule has 2 rings (SSSR count). The number of rotatable bonds is 7. The average Bonchev–Trinajstić information content (AvgIpc) is 3.03. The number of hydrogen-bond donors (Lipinski definition) is 1. The van der Waals surface area contributed by atoms with Crippen LogP contribution in [0.4, 0.5) is 0 Å². The predicted octanol–water partition coefficient (Wildman–Crippen LogP) is 2.48. The van der Waals surface area contributed by atoms with Gasteiger partial charge in [-0.05, 0) is 45.0 Å². The van der Waals surface area contributed by atoms with Crippen LogP contribution in [0.5, 0.6) is 5.75 Å². The molecule has 0 bridgehead atoms. The maximum absolute atomic E-state index is 11.8. The Hall–Kier alpha value is -2.34. The first kappa shape index (κ1) is 17.0. The SMILES string of the molecule is COc1ccc(-n2cc(C(C)NC(=O)COC(C)C)cn2)cc1. The molecule has 0 radical (unpaired) electrons. The summed E-state index contributed by atoms with van der Waals surface area (Å²) in [4.78, 5) is 11.8. The van der Waals surface area contributed by atoms with Gasteiger partial charge in [-0.3, -0.25) is 4.79 Å². The van der Waals surface area contributed by atoms with Crippen LogP contribution in [0, 0.1) is 0 Å².